The summed E-state index contributed by atoms with van der Waals surface area (Å²) in [5.74, 6) is 1.79. The summed E-state index contributed by atoms with van der Waals surface area (Å²) in [7, 11) is -3.05. The highest BCUT2D eigenvalue weighted by Gasteiger charge is 2.23. The van der Waals surface area contributed by atoms with Gasteiger partial charge in [-0.05, 0) is 211 Å². The number of halogens is 3. The van der Waals surface area contributed by atoms with E-state index in [0.717, 1.165) is 91.6 Å². The Kier molecular flexibility index (Phi) is 21.1. The summed E-state index contributed by atoms with van der Waals surface area (Å²) in [5, 5.41) is 54.6. The molecule has 7 nitrogen and oxygen atoms in total. The lowest BCUT2D eigenvalue weighted by Gasteiger charge is -2.18. The van der Waals surface area contributed by atoms with Gasteiger partial charge in [-0.1, -0.05) is 293 Å². The molecule has 0 fully saturated rings. The van der Waals surface area contributed by atoms with Crippen LogP contribution in [0, 0.1) is 11.0 Å². The van der Waals surface area contributed by atoms with Crippen LogP contribution in [-0.2, 0) is 0 Å². The van der Waals surface area contributed by atoms with Crippen molar-refractivity contribution in [3.63, 3.8) is 0 Å². The van der Waals surface area contributed by atoms with Gasteiger partial charge in [-0.15, -0.1) is 0 Å². The van der Waals surface area contributed by atoms with Gasteiger partial charge in [-0.2, -0.15) is 0 Å². The molecule has 498 valence electrons. The largest absolute Gasteiger partial charge is 0.526 e. The number of rotatable bonds is 7. The van der Waals surface area contributed by atoms with Crippen LogP contribution in [0.1, 0.15) is 0 Å². The first kappa shape index (κ1) is 69.4. The van der Waals surface area contributed by atoms with Crippen molar-refractivity contribution in [2.45, 2.75) is 0 Å². The summed E-state index contributed by atoms with van der Waals surface area (Å²) in [6.45, 7) is 0. The van der Waals surface area contributed by atoms with E-state index >= 15 is 0 Å². The van der Waals surface area contributed by atoms with Gasteiger partial charge >= 0.3 is 14.2 Å². The number of furan rings is 3. The zero-order chi connectivity index (χ0) is 69.6. The molecule has 19 aromatic rings. The average Bonchev–Trinajstić information content (AvgIpc) is 1.45. The number of fused-ring (bicyclic) bond motifs is 9. The van der Waals surface area contributed by atoms with Gasteiger partial charge in [0.25, 0.3) is 0 Å². The van der Waals surface area contributed by atoms with Crippen LogP contribution in [0.2, 0.25) is 0 Å². The molecule has 0 amide bonds. The van der Waals surface area contributed by atoms with Gasteiger partial charge in [0.15, 0.2) is 0 Å². The normalized spacial score (nSPS) is 11.0. The Bertz CT molecular complexity index is 6030. The topological polar surface area (TPSA) is 120 Å². The second-order valence-corrected chi connectivity index (χ2v) is 27.7. The van der Waals surface area contributed by atoms with Gasteiger partial charge in [-0.3, -0.25) is 0 Å². The van der Waals surface area contributed by atoms with Crippen molar-refractivity contribution in [2.75, 3.05) is 0 Å². The number of para-hydroxylation sites is 3. The van der Waals surface area contributed by atoms with Crippen LogP contribution in [0.15, 0.2) is 368 Å². The van der Waals surface area contributed by atoms with Crippen LogP contribution < -0.4 is 11.1 Å². The highest BCUT2D eigenvalue weighted by atomic mass is 127. The minimum Gasteiger partial charge on any atom is -0.465 e. The lowest BCUT2D eigenvalue weighted by molar-refractivity contribution is 0.412. The maximum absolute atomic E-state index is 10.1. The van der Waals surface area contributed by atoms with Gasteiger partial charge in [0, 0.05) is 39.8 Å². The zero-order valence-electron chi connectivity index (χ0n) is 55.7. The quantitative estimate of drug-likeness (QED) is 0.0543. The molecule has 0 saturated carbocycles. The molecule has 0 atom stereocenters. The minimum absolute atomic E-state index is 0. The Morgan fingerprint density at radius 1 is 0.252 bits per heavy atom. The summed E-state index contributed by atoms with van der Waals surface area (Å²) < 4.78 is 20.6. The monoisotopic (exact) mass is 1580 g/mol. The molecule has 103 heavy (non-hydrogen) atoms. The zero-order valence-corrected chi connectivity index (χ0v) is 61.0. The van der Waals surface area contributed by atoms with Crippen molar-refractivity contribution in [3.8, 4) is 56.0 Å². The van der Waals surface area contributed by atoms with Crippen molar-refractivity contribution in [3.05, 3.63) is 366 Å². The lowest BCUT2D eigenvalue weighted by Crippen LogP contribution is -2.31. The molecule has 0 unspecified atom stereocenters. The van der Waals surface area contributed by atoms with E-state index in [1.165, 1.54) is 68.9 Å². The fraction of sp³-hybridized carbons (Fsp3) is 0. The summed E-state index contributed by atoms with van der Waals surface area (Å²) in [4.78, 5) is 0. The first-order chi connectivity index (χ1) is 50.0. The number of benzene rings is 16. The number of hydrogen-bond donors (Lipinski definition) is 4. The maximum atomic E-state index is 10.1. The van der Waals surface area contributed by atoms with E-state index in [0.29, 0.717) is 11.0 Å². The third kappa shape index (κ3) is 15.0. The van der Waals surface area contributed by atoms with Gasteiger partial charge < -0.3 is 40.8 Å². The van der Waals surface area contributed by atoms with Crippen molar-refractivity contribution in [1.82, 2.24) is 0 Å². The van der Waals surface area contributed by atoms with E-state index < -0.39 is 14.2 Å². The summed E-state index contributed by atoms with van der Waals surface area (Å²) in [5.41, 5.74) is 12.6. The van der Waals surface area contributed by atoms with Crippen molar-refractivity contribution in [1.29, 1.82) is 0 Å². The predicted molar refractivity (Wildman–Crippen MR) is 448 cm³/mol. The van der Waals surface area contributed by atoms with E-state index in [1.54, 1.807) is 12.1 Å². The number of hydrogen-bond acceptors (Lipinski definition) is 7. The van der Waals surface area contributed by atoms with E-state index in [1.807, 2.05) is 133 Å². The SMILES string of the molecule is Brc1cccc(-c2cc3ccccc3o2)c1.Brc1cccc(I)c1.OB(O)c1c2ccccc2c(-c2ccc3ccccc3c2)c2ccccc12.OB(O)c1cc2ccccc2o1.[CH3-].c1cc(-c2cc3ccccc3o2)cc(-c2c3ccccc3c(-c3ccc4ccccc4c3)c3ccccc23)c1. The van der Waals surface area contributed by atoms with Gasteiger partial charge in [0.2, 0.25) is 0 Å². The molecule has 0 aliphatic carbocycles. The highest BCUT2D eigenvalue weighted by molar-refractivity contribution is 14.1. The van der Waals surface area contributed by atoms with E-state index in [-0.39, 0.29) is 13.1 Å². The molecule has 0 aliphatic rings. The fourth-order valence-electron chi connectivity index (χ4n) is 13.5. The van der Waals surface area contributed by atoms with Crippen LogP contribution in [-0.4, -0.2) is 34.3 Å². The molecular formula is C91H64B2Br2IO7-. The first-order valence-electron chi connectivity index (χ1n) is 33.3. The first-order valence-corrected chi connectivity index (χ1v) is 35.9. The Labute approximate surface area is 627 Å². The Morgan fingerprint density at radius 3 is 0.971 bits per heavy atom. The Hall–Kier alpha value is -10.6. The third-order valence-corrected chi connectivity index (χ3v) is 19.8. The van der Waals surface area contributed by atoms with Crippen molar-refractivity contribution >= 4 is 177 Å². The van der Waals surface area contributed by atoms with Crippen LogP contribution in [0.5, 0.6) is 0 Å². The minimum atomic E-state index is -1.53. The van der Waals surface area contributed by atoms with Gasteiger partial charge in [-0.25, -0.2) is 0 Å². The molecule has 0 bridgehead atoms. The van der Waals surface area contributed by atoms with Crippen LogP contribution in [0.4, 0.5) is 0 Å². The molecular weight excluding hydrogens is 1510 g/mol. The van der Waals surface area contributed by atoms with Crippen molar-refractivity contribution in [2.24, 2.45) is 0 Å². The second kappa shape index (κ2) is 31.3. The van der Waals surface area contributed by atoms with Crippen LogP contribution in [0.3, 0.4) is 0 Å². The Morgan fingerprint density at radius 2 is 0.583 bits per heavy atom. The lowest BCUT2D eigenvalue weighted by atomic mass is 9.72. The van der Waals surface area contributed by atoms with E-state index in [4.69, 9.17) is 23.3 Å². The van der Waals surface area contributed by atoms with Crippen LogP contribution >= 0.6 is 54.5 Å². The van der Waals surface area contributed by atoms with Crippen molar-refractivity contribution < 1.29 is 33.3 Å². The molecule has 0 radical (unpaired) electrons. The molecule has 19 rings (SSSR count). The summed E-state index contributed by atoms with van der Waals surface area (Å²) in [6.07, 6.45) is 0. The molecule has 0 spiro atoms. The summed E-state index contributed by atoms with van der Waals surface area (Å²) in [6, 6.07) is 118. The molecule has 3 heterocycles. The molecule has 0 aliphatic heterocycles. The third-order valence-electron chi connectivity index (χ3n) is 18.1. The molecule has 0 saturated heterocycles. The van der Waals surface area contributed by atoms with E-state index in [2.05, 4.69) is 255 Å². The van der Waals surface area contributed by atoms with Gasteiger partial charge in [0.05, 0.1) is 0 Å². The average molecular weight is 1580 g/mol. The standard InChI is InChI=1S/C38H24O.C24H17BO2.C14H9BrO.C8H7BO3.C6H4BrI.CH3/c1-2-11-26-22-30(21-20-25(26)10-1)38-33-17-6-4-15-31(33)37(32-16-5-7-18-34(32)38)29-14-9-13-27(23-29)36-24-28-12-3-8-19-35(28)39-36;26-25(27)24-21-11-5-3-9-19(21)23(20-10-4-6-12-22(20)24)18-14-13-16-7-1-2-8-17(16)15-18;15-12-6-3-5-10(8-12)14-9-11-4-1-2-7-13(11)16-14;10-9(11)8-5-6-3-1-2-4-7(6)12-8;7-5-2-1-3-6(8)4-5;/h1-24H;1-15,26-27H;1-9H;1-5,10-11H;1-4H;1H3/q;;;;;-1. The van der Waals surface area contributed by atoms with Crippen LogP contribution in [0.25, 0.3) is 154 Å². The Balaban J connectivity index is 0.000000121. The summed E-state index contributed by atoms with van der Waals surface area (Å²) >= 11 is 9.09. The molecule has 3 aromatic heterocycles. The molecule has 12 heteroatoms. The maximum Gasteiger partial charge on any atom is 0.526 e. The van der Waals surface area contributed by atoms with E-state index in [9.17, 15) is 10.0 Å². The predicted octanol–water partition coefficient (Wildman–Crippen LogP) is 23.9. The molecule has 16 aromatic carbocycles. The molecule has 4 N–H and O–H groups in total. The second-order valence-electron chi connectivity index (χ2n) is 24.6. The fourth-order valence-corrected chi connectivity index (χ4v) is 15.3. The van der Waals surface area contributed by atoms with Gasteiger partial charge in [0.1, 0.15) is 33.9 Å². The highest BCUT2D eigenvalue weighted by Crippen LogP contribution is 2.45. The smallest absolute Gasteiger partial charge is 0.465 e.